The Kier molecular flexibility index (Phi) is 7.75. The zero-order valence-corrected chi connectivity index (χ0v) is 22.9. The molecule has 2 heterocycles. The van der Waals surface area contributed by atoms with Crippen LogP contribution < -0.4 is 19.6 Å². The Labute approximate surface area is 234 Å². The predicted octanol–water partition coefficient (Wildman–Crippen LogP) is 3.73. The van der Waals surface area contributed by atoms with Gasteiger partial charge < -0.3 is 14.2 Å². The molecule has 0 saturated carbocycles. The molecule has 1 aliphatic heterocycles. The first kappa shape index (κ1) is 26.8. The van der Waals surface area contributed by atoms with E-state index in [9.17, 15) is 14.4 Å². The molecule has 0 radical (unpaired) electrons. The number of carbonyl (C=O) groups excluding carboxylic acids is 2. The predicted molar refractivity (Wildman–Crippen MR) is 152 cm³/mol. The number of benzene rings is 3. The van der Waals surface area contributed by atoms with Gasteiger partial charge in [-0.25, -0.2) is 14.6 Å². The molecule has 202 valence electrons. The summed E-state index contributed by atoms with van der Waals surface area (Å²) in [5.41, 5.74) is 3.02. The third-order valence-electron chi connectivity index (χ3n) is 6.43. The molecule has 40 heavy (non-hydrogen) atoms. The number of hydrogen-bond donors (Lipinski definition) is 0. The number of fused-ring (bicyclic) bond motifs is 1. The summed E-state index contributed by atoms with van der Waals surface area (Å²) in [6, 6.07) is 22.6. The Morgan fingerprint density at radius 2 is 1.65 bits per heavy atom. The molecule has 0 N–H and O–H groups in total. The molecule has 3 aromatic carbocycles. The van der Waals surface area contributed by atoms with Crippen LogP contribution >= 0.6 is 11.3 Å². The summed E-state index contributed by atoms with van der Waals surface area (Å²) < 4.78 is 17.6. The van der Waals surface area contributed by atoms with E-state index in [4.69, 9.17) is 19.2 Å². The van der Waals surface area contributed by atoms with E-state index in [1.807, 2.05) is 42.5 Å². The van der Waals surface area contributed by atoms with E-state index < -0.39 is 18.0 Å². The molecule has 8 nitrogen and oxygen atoms in total. The molecule has 1 aromatic heterocycles. The van der Waals surface area contributed by atoms with Crippen LogP contribution in [0.2, 0.25) is 0 Å². The minimum absolute atomic E-state index is 0.172. The van der Waals surface area contributed by atoms with E-state index in [-0.39, 0.29) is 17.7 Å². The fourth-order valence-electron chi connectivity index (χ4n) is 4.53. The number of ether oxygens (including phenoxy) is 3. The highest BCUT2D eigenvalue weighted by molar-refractivity contribution is 7.07. The van der Waals surface area contributed by atoms with Gasteiger partial charge in [0, 0.05) is 5.56 Å². The average molecular weight is 555 g/mol. The SMILES string of the molecule is CCOC(=O)C1=C(c2ccccc2)N=c2s/c(=C\c3ccc(C(=O)OC)cc3)c(=O)n2[C@@H]1c1ccc(OC)cc1. The summed E-state index contributed by atoms with van der Waals surface area (Å²) >= 11 is 1.23. The van der Waals surface area contributed by atoms with Crippen molar-refractivity contribution in [2.75, 3.05) is 20.8 Å². The highest BCUT2D eigenvalue weighted by atomic mass is 32.1. The van der Waals surface area contributed by atoms with Gasteiger partial charge >= 0.3 is 11.9 Å². The maximum absolute atomic E-state index is 13.9. The number of hydrogen-bond acceptors (Lipinski definition) is 8. The molecule has 4 aromatic rings. The topological polar surface area (TPSA) is 96.2 Å². The molecule has 0 unspecified atom stereocenters. The van der Waals surface area contributed by atoms with Crippen LogP contribution in [0.3, 0.4) is 0 Å². The van der Waals surface area contributed by atoms with Crippen molar-refractivity contribution in [3.8, 4) is 5.75 Å². The number of methoxy groups -OCH3 is 2. The molecular weight excluding hydrogens is 528 g/mol. The van der Waals surface area contributed by atoms with Gasteiger partial charge in [0.15, 0.2) is 4.80 Å². The van der Waals surface area contributed by atoms with E-state index in [1.165, 1.54) is 18.4 Å². The van der Waals surface area contributed by atoms with Crippen LogP contribution in [-0.2, 0) is 14.3 Å². The Balaban J connectivity index is 1.75. The number of thiazole rings is 1. The van der Waals surface area contributed by atoms with Gasteiger partial charge in [0.2, 0.25) is 0 Å². The molecule has 0 saturated heterocycles. The first-order valence-electron chi connectivity index (χ1n) is 12.6. The summed E-state index contributed by atoms with van der Waals surface area (Å²) in [5, 5.41) is 0. The molecule has 9 heteroatoms. The summed E-state index contributed by atoms with van der Waals surface area (Å²) in [7, 11) is 2.90. The first-order chi connectivity index (χ1) is 19.4. The summed E-state index contributed by atoms with van der Waals surface area (Å²) in [4.78, 5) is 44.5. The van der Waals surface area contributed by atoms with Gasteiger partial charge in [-0.15, -0.1) is 0 Å². The second kappa shape index (κ2) is 11.5. The largest absolute Gasteiger partial charge is 0.497 e. The van der Waals surface area contributed by atoms with E-state index in [0.29, 0.717) is 31.9 Å². The Morgan fingerprint density at radius 1 is 0.950 bits per heavy atom. The summed E-state index contributed by atoms with van der Waals surface area (Å²) in [6.07, 6.45) is 1.74. The third-order valence-corrected chi connectivity index (χ3v) is 7.42. The Hall–Kier alpha value is -4.76. The van der Waals surface area contributed by atoms with Gasteiger partial charge in [0.05, 0.1) is 48.2 Å². The molecular formula is C31H26N2O6S. The van der Waals surface area contributed by atoms with Crippen molar-refractivity contribution >= 4 is 35.0 Å². The lowest BCUT2D eigenvalue weighted by molar-refractivity contribution is -0.138. The molecule has 0 spiro atoms. The Morgan fingerprint density at radius 3 is 2.27 bits per heavy atom. The van der Waals surface area contributed by atoms with Crippen molar-refractivity contribution in [3.63, 3.8) is 0 Å². The quantitative estimate of drug-likeness (QED) is 0.323. The maximum Gasteiger partial charge on any atom is 0.338 e. The second-order valence-corrected chi connectivity index (χ2v) is 9.83. The highest BCUT2D eigenvalue weighted by Crippen LogP contribution is 2.35. The zero-order valence-electron chi connectivity index (χ0n) is 22.1. The van der Waals surface area contributed by atoms with Crippen LogP contribution in [0.25, 0.3) is 11.8 Å². The minimum Gasteiger partial charge on any atom is -0.497 e. The molecule has 0 fully saturated rings. The normalized spacial score (nSPS) is 14.8. The van der Waals surface area contributed by atoms with E-state index in [2.05, 4.69) is 0 Å². The van der Waals surface area contributed by atoms with Gasteiger partial charge in [-0.1, -0.05) is 65.9 Å². The average Bonchev–Trinajstić information content (AvgIpc) is 3.31. The number of aromatic nitrogens is 1. The van der Waals surface area contributed by atoms with Crippen LogP contribution in [0, 0.1) is 0 Å². The second-order valence-electron chi connectivity index (χ2n) is 8.82. The van der Waals surface area contributed by atoms with Crippen molar-refractivity contribution in [2.45, 2.75) is 13.0 Å². The Bertz CT molecular complexity index is 1770. The van der Waals surface area contributed by atoms with E-state index >= 15 is 0 Å². The van der Waals surface area contributed by atoms with Crippen LogP contribution in [-0.4, -0.2) is 37.3 Å². The monoisotopic (exact) mass is 554 g/mol. The molecule has 1 aliphatic rings. The van der Waals surface area contributed by atoms with Gasteiger partial charge in [-0.05, 0) is 48.4 Å². The smallest absolute Gasteiger partial charge is 0.338 e. The summed E-state index contributed by atoms with van der Waals surface area (Å²) in [5.74, 6) is -0.333. The lowest BCUT2D eigenvalue weighted by Crippen LogP contribution is -2.40. The van der Waals surface area contributed by atoms with Gasteiger partial charge in [-0.2, -0.15) is 0 Å². The van der Waals surface area contributed by atoms with Gasteiger partial charge in [0.1, 0.15) is 5.75 Å². The van der Waals surface area contributed by atoms with Crippen LogP contribution in [0.1, 0.15) is 40.0 Å². The molecule has 0 bridgehead atoms. The van der Waals surface area contributed by atoms with E-state index in [0.717, 1.165) is 11.1 Å². The fraction of sp³-hybridized carbons (Fsp3) is 0.161. The standard InChI is InChI=1S/C31H26N2O6S/c1-4-39-30(36)25-26(20-8-6-5-7-9-20)32-31-33(27(25)21-14-16-23(37-2)17-15-21)28(34)24(40-31)18-19-10-12-22(13-11-19)29(35)38-3/h5-18,27H,4H2,1-3H3/b24-18-/t27-/m1/s1. The van der Waals surface area contributed by atoms with Crippen LogP contribution in [0.4, 0.5) is 0 Å². The number of rotatable bonds is 7. The molecule has 5 rings (SSSR count). The fourth-order valence-corrected chi connectivity index (χ4v) is 5.53. The van der Waals surface area contributed by atoms with Crippen molar-refractivity contribution in [3.05, 3.63) is 126 Å². The van der Waals surface area contributed by atoms with Crippen molar-refractivity contribution < 1.29 is 23.8 Å². The van der Waals surface area contributed by atoms with Gasteiger partial charge in [0.25, 0.3) is 5.56 Å². The van der Waals surface area contributed by atoms with Crippen LogP contribution in [0.15, 0.2) is 94.2 Å². The van der Waals surface area contributed by atoms with Crippen molar-refractivity contribution in [1.82, 2.24) is 4.57 Å². The number of esters is 2. The summed E-state index contributed by atoms with van der Waals surface area (Å²) in [6.45, 7) is 1.91. The molecule has 1 atom stereocenters. The van der Waals surface area contributed by atoms with Gasteiger partial charge in [-0.3, -0.25) is 9.36 Å². The van der Waals surface area contributed by atoms with Crippen molar-refractivity contribution in [1.29, 1.82) is 0 Å². The van der Waals surface area contributed by atoms with Crippen molar-refractivity contribution in [2.24, 2.45) is 4.99 Å². The zero-order chi connectivity index (χ0) is 28.2. The first-order valence-corrected chi connectivity index (χ1v) is 13.4. The van der Waals surface area contributed by atoms with E-state index in [1.54, 1.807) is 61.1 Å². The number of carbonyl (C=O) groups is 2. The highest BCUT2D eigenvalue weighted by Gasteiger charge is 2.35. The number of nitrogens with zero attached hydrogens (tertiary/aromatic N) is 2. The lowest BCUT2D eigenvalue weighted by atomic mass is 9.93. The minimum atomic E-state index is -0.778. The lowest BCUT2D eigenvalue weighted by Gasteiger charge is -2.26. The third kappa shape index (κ3) is 5.11. The van der Waals surface area contributed by atoms with Crippen LogP contribution in [0.5, 0.6) is 5.75 Å². The maximum atomic E-state index is 13.9. The molecule has 0 aliphatic carbocycles. The molecule has 0 amide bonds.